The number of carbonyl (C=O) groups is 2. The summed E-state index contributed by atoms with van der Waals surface area (Å²) in [5.41, 5.74) is 2.15. The second-order valence-corrected chi connectivity index (χ2v) is 10.4. The minimum atomic E-state index is -1.01. The highest BCUT2D eigenvalue weighted by molar-refractivity contribution is 6.07. The highest BCUT2D eigenvalue weighted by Crippen LogP contribution is 2.63. The lowest BCUT2D eigenvalue weighted by Crippen LogP contribution is -2.49. The SMILES string of the molecule is COCCOc1ccc(C(=O)Nc2ccc(C(=O)O)cc2)c(OC)c1C12CC3CC(CC(C3)C1)C2. The van der Waals surface area contributed by atoms with E-state index in [1.165, 1.54) is 31.4 Å². The molecule has 4 fully saturated rings. The summed E-state index contributed by atoms with van der Waals surface area (Å²) >= 11 is 0. The molecule has 0 radical (unpaired) electrons. The molecular weight excluding hydrogens is 446 g/mol. The Kier molecular flexibility index (Phi) is 6.45. The van der Waals surface area contributed by atoms with Gasteiger partial charge < -0.3 is 24.6 Å². The van der Waals surface area contributed by atoms with Gasteiger partial charge in [-0.05, 0) is 92.7 Å². The maximum atomic E-state index is 13.4. The molecule has 1 amide bonds. The topological polar surface area (TPSA) is 94.1 Å². The van der Waals surface area contributed by atoms with Gasteiger partial charge in [0, 0.05) is 23.8 Å². The Morgan fingerprint density at radius 1 is 0.943 bits per heavy atom. The molecule has 0 saturated heterocycles. The van der Waals surface area contributed by atoms with Crippen molar-refractivity contribution in [2.75, 3.05) is 32.8 Å². The Labute approximate surface area is 205 Å². The summed E-state index contributed by atoms with van der Waals surface area (Å²) in [6, 6.07) is 9.79. The first kappa shape index (κ1) is 23.7. The number of ether oxygens (including phenoxy) is 3. The average Bonchev–Trinajstić information content (AvgIpc) is 2.83. The monoisotopic (exact) mass is 479 g/mol. The number of amides is 1. The Balaban J connectivity index is 1.52. The van der Waals surface area contributed by atoms with E-state index in [2.05, 4.69) is 5.32 Å². The van der Waals surface area contributed by atoms with Crippen LogP contribution in [-0.2, 0) is 10.2 Å². The predicted molar refractivity (Wildman–Crippen MR) is 132 cm³/mol. The van der Waals surface area contributed by atoms with E-state index in [4.69, 9.17) is 19.3 Å². The summed E-state index contributed by atoms with van der Waals surface area (Å²) in [5.74, 6) is 2.24. The van der Waals surface area contributed by atoms with E-state index >= 15 is 0 Å². The van der Waals surface area contributed by atoms with E-state index in [0.717, 1.165) is 48.3 Å². The van der Waals surface area contributed by atoms with Gasteiger partial charge in [0.05, 0.1) is 24.8 Å². The first-order valence-electron chi connectivity index (χ1n) is 12.4. The van der Waals surface area contributed by atoms with E-state index in [0.29, 0.717) is 30.2 Å². The number of carboxylic acids is 1. The summed E-state index contributed by atoms with van der Waals surface area (Å²) < 4.78 is 17.4. The molecule has 6 rings (SSSR count). The van der Waals surface area contributed by atoms with E-state index in [1.807, 2.05) is 6.07 Å². The van der Waals surface area contributed by atoms with E-state index in [9.17, 15) is 9.59 Å². The number of hydrogen-bond donors (Lipinski definition) is 2. The number of anilines is 1. The number of aromatic carboxylic acids is 1. The van der Waals surface area contributed by atoms with Crippen LogP contribution in [-0.4, -0.2) is 44.4 Å². The molecule has 4 aliphatic carbocycles. The van der Waals surface area contributed by atoms with Gasteiger partial charge >= 0.3 is 5.97 Å². The molecule has 2 N–H and O–H groups in total. The lowest BCUT2D eigenvalue weighted by atomic mass is 9.47. The van der Waals surface area contributed by atoms with Crippen molar-refractivity contribution in [1.29, 1.82) is 0 Å². The Morgan fingerprint density at radius 2 is 1.57 bits per heavy atom. The molecule has 4 aliphatic rings. The molecule has 4 bridgehead atoms. The molecule has 0 atom stereocenters. The molecule has 35 heavy (non-hydrogen) atoms. The Morgan fingerprint density at radius 3 is 2.11 bits per heavy atom. The number of methoxy groups -OCH3 is 2. The first-order chi connectivity index (χ1) is 16.9. The fourth-order valence-electron chi connectivity index (χ4n) is 7.12. The van der Waals surface area contributed by atoms with Crippen LogP contribution in [0.15, 0.2) is 36.4 Å². The van der Waals surface area contributed by atoms with Gasteiger partial charge in [0.25, 0.3) is 5.91 Å². The fourth-order valence-corrected chi connectivity index (χ4v) is 7.12. The maximum Gasteiger partial charge on any atom is 0.335 e. The molecular formula is C28H33NO6. The fraction of sp³-hybridized carbons (Fsp3) is 0.500. The van der Waals surface area contributed by atoms with Gasteiger partial charge in [-0.25, -0.2) is 4.79 Å². The van der Waals surface area contributed by atoms with Gasteiger partial charge in [-0.3, -0.25) is 4.79 Å². The standard InChI is InChI=1S/C28H33NO6/c1-33-9-10-35-23-8-7-22(26(30)29-21-5-3-20(4-6-21)27(31)32)25(34-2)24(23)28-14-17-11-18(15-28)13-19(12-17)16-28/h3-8,17-19H,9-16H2,1-2H3,(H,29,30)(H,31,32). The molecule has 0 spiro atoms. The van der Waals surface area contributed by atoms with Crippen LogP contribution in [0, 0.1) is 17.8 Å². The smallest absolute Gasteiger partial charge is 0.335 e. The van der Waals surface area contributed by atoms with Crippen molar-refractivity contribution >= 4 is 17.6 Å². The van der Waals surface area contributed by atoms with E-state index < -0.39 is 5.97 Å². The lowest BCUT2D eigenvalue weighted by molar-refractivity contribution is -0.00765. The van der Waals surface area contributed by atoms with Crippen LogP contribution in [0.25, 0.3) is 0 Å². The van der Waals surface area contributed by atoms with Gasteiger partial charge in [0.15, 0.2) is 0 Å². The zero-order valence-electron chi connectivity index (χ0n) is 20.3. The highest BCUT2D eigenvalue weighted by atomic mass is 16.5. The van der Waals surface area contributed by atoms with Crippen LogP contribution in [0.1, 0.15) is 64.8 Å². The van der Waals surface area contributed by atoms with Gasteiger partial charge in [0.2, 0.25) is 0 Å². The van der Waals surface area contributed by atoms with Crippen LogP contribution in [0.2, 0.25) is 0 Å². The van der Waals surface area contributed by atoms with Crippen LogP contribution in [0.4, 0.5) is 5.69 Å². The molecule has 7 nitrogen and oxygen atoms in total. The molecule has 2 aromatic rings. The van der Waals surface area contributed by atoms with Gasteiger partial charge in [0.1, 0.15) is 18.1 Å². The van der Waals surface area contributed by atoms with Crippen molar-refractivity contribution in [3.63, 3.8) is 0 Å². The second-order valence-electron chi connectivity index (χ2n) is 10.4. The minimum Gasteiger partial charge on any atom is -0.495 e. The summed E-state index contributed by atoms with van der Waals surface area (Å²) in [5, 5.41) is 12.0. The molecule has 0 heterocycles. The zero-order chi connectivity index (χ0) is 24.6. The Hall–Kier alpha value is -3.06. The van der Waals surface area contributed by atoms with Gasteiger partial charge in [-0.1, -0.05) is 0 Å². The van der Waals surface area contributed by atoms with E-state index in [-0.39, 0.29) is 16.9 Å². The molecule has 7 heteroatoms. The number of nitrogens with one attached hydrogen (secondary N) is 1. The largest absolute Gasteiger partial charge is 0.495 e. The number of rotatable bonds is 9. The maximum absolute atomic E-state index is 13.4. The third-order valence-corrected chi connectivity index (χ3v) is 8.07. The van der Waals surface area contributed by atoms with Crippen LogP contribution < -0.4 is 14.8 Å². The van der Waals surface area contributed by atoms with Crippen molar-refractivity contribution in [2.45, 2.75) is 43.9 Å². The summed E-state index contributed by atoms with van der Waals surface area (Å²) in [6.07, 6.45) is 7.27. The third kappa shape index (κ3) is 4.49. The van der Waals surface area contributed by atoms with Crippen molar-refractivity contribution in [2.24, 2.45) is 17.8 Å². The van der Waals surface area contributed by atoms with Gasteiger partial charge in [-0.2, -0.15) is 0 Å². The normalized spacial score (nSPS) is 26.4. The number of benzene rings is 2. The zero-order valence-corrected chi connectivity index (χ0v) is 20.3. The molecule has 0 unspecified atom stereocenters. The average molecular weight is 480 g/mol. The number of carboxylic acid groups (broad SMARTS) is 1. The van der Waals surface area contributed by atoms with Crippen molar-refractivity contribution in [1.82, 2.24) is 0 Å². The van der Waals surface area contributed by atoms with Crippen LogP contribution in [0.5, 0.6) is 11.5 Å². The van der Waals surface area contributed by atoms with Crippen molar-refractivity contribution in [3.8, 4) is 11.5 Å². The van der Waals surface area contributed by atoms with Crippen LogP contribution >= 0.6 is 0 Å². The third-order valence-electron chi connectivity index (χ3n) is 8.07. The van der Waals surface area contributed by atoms with Crippen molar-refractivity contribution in [3.05, 3.63) is 53.1 Å². The number of hydrogen-bond acceptors (Lipinski definition) is 5. The van der Waals surface area contributed by atoms with Gasteiger partial charge in [-0.15, -0.1) is 0 Å². The van der Waals surface area contributed by atoms with Crippen LogP contribution in [0.3, 0.4) is 0 Å². The van der Waals surface area contributed by atoms with Crippen molar-refractivity contribution < 1.29 is 28.9 Å². The Bertz CT molecular complexity index is 1070. The molecule has 0 aliphatic heterocycles. The lowest BCUT2D eigenvalue weighted by Gasteiger charge is -2.57. The summed E-state index contributed by atoms with van der Waals surface area (Å²) in [4.78, 5) is 24.5. The quantitative estimate of drug-likeness (QED) is 0.484. The predicted octanol–water partition coefficient (Wildman–Crippen LogP) is 5.14. The molecule has 186 valence electrons. The summed E-state index contributed by atoms with van der Waals surface area (Å²) in [6.45, 7) is 0.914. The van der Waals surface area contributed by atoms with E-state index in [1.54, 1.807) is 32.4 Å². The second kappa shape index (κ2) is 9.53. The molecule has 4 saturated carbocycles. The first-order valence-corrected chi connectivity index (χ1v) is 12.4. The minimum absolute atomic E-state index is 0.0398. The molecule has 0 aromatic heterocycles. The highest BCUT2D eigenvalue weighted by Gasteiger charge is 2.54. The number of carbonyl (C=O) groups excluding carboxylic acids is 1. The summed E-state index contributed by atoms with van der Waals surface area (Å²) in [7, 11) is 3.27. The molecule has 2 aromatic carbocycles.